The second-order valence-electron chi connectivity index (χ2n) is 12.7. The molecule has 0 fully saturated rings. The lowest BCUT2D eigenvalue weighted by Crippen LogP contribution is -2.32. The van der Waals surface area contributed by atoms with Crippen molar-refractivity contribution in [3.8, 4) is 28.4 Å². The van der Waals surface area contributed by atoms with E-state index in [0.717, 1.165) is 56.0 Å². The molecule has 0 spiro atoms. The molecule has 0 aliphatic rings. The normalized spacial score (nSPS) is 11.1. The van der Waals surface area contributed by atoms with Crippen molar-refractivity contribution in [2.24, 2.45) is 0 Å². The predicted molar refractivity (Wildman–Crippen MR) is 204 cm³/mol. The molecule has 8 nitrogen and oxygen atoms in total. The fraction of sp³-hybridized carbons (Fsp3) is 0.174. The highest BCUT2D eigenvalue weighted by atomic mass is 16.5. The Bertz CT molecular complexity index is 2100. The summed E-state index contributed by atoms with van der Waals surface area (Å²) in [7, 11) is 3.31. The first-order valence-corrected chi connectivity index (χ1v) is 17.6. The lowest BCUT2D eigenvalue weighted by Gasteiger charge is -2.36. The van der Waals surface area contributed by atoms with Crippen LogP contribution in [0.25, 0.3) is 11.1 Å². The van der Waals surface area contributed by atoms with E-state index in [-0.39, 0.29) is 19.4 Å². The number of aliphatic carboxylic acids is 1. The van der Waals surface area contributed by atoms with Gasteiger partial charge in [0.15, 0.2) is 0 Å². The summed E-state index contributed by atoms with van der Waals surface area (Å²) >= 11 is 0. The van der Waals surface area contributed by atoms with E-state index in [2.05, 4.69) is 30.3 Å². The molecule has 54 heavy (non-hydrogen) atoms. The lowest BCUT2D eigenvalue weighted by atomic mass is 9.80. The van der Waals surface area contributed by atoms with E-state index in [0.29, 0.717) is 19.0 Å². The molecule has 0 aliphatic carbocycles. The largest absolute Gasteiger partial charge is 0.550 e. The standard InChI is InChI=1S/C46H42O8/c1-50-41-21-17-39(18-22-41)46(38-14-4-3-5-15-38,40-19-23-42(51-2)24-20-40)54-32-35-11-7-12-36(28-35)37-13-8-16-43(29-37)52-30-33-9-6-10-34(27-33)31-53-45(49)26-25-44(47)48/h3-24,27-29H,25-26,30-32H2,1-2H3,(H,47,48)/p-1. The number of benzene rings is 6. The molecular weight excluding hydrogens is 680 g/mol. The van der Waals surface area contributed by atoms with Gasteiger partial charge < -0.3 is 33.6 Å². The van der Waals surface area contributed by atoms with Crippen LogP contribution in [0.5, 0.6) is 17.2 Å². The van der Waals surface area contributed by atoms with Gasteiger partial charge in [-0.2, -0.15) is 0 Å². The molecule has 274 valence electrons. The van der Waals surface area contributed by atoms with Crippen molar-refractivity contribution in [3.05, 3.63) is 185 Å². The van der Waals surface area contributed by atoms with E-state index in [1.54, 1.807) is 14.2 Å². The van der Waals surface area contributed by atoms with E-state index in [1.165, 1.54) is 0 Å². The van der Waals surface area contributed by atoms with Crippen molar-refractivity contribution in [1.82, 2.24) is 0 Å². The van der Waals surface area contributed by atoms with Gasteiger partial charge in [-0.15, -0.1) is 0 Å². The average Bonchev–Trinajstić information content (AvgIpc) is 3.23. The Kier molecular flexibility index (Phi) is 12.4. The van der Waals surface area contributed by atoms with Crippen molar-refractivity contribution in [3.63, 3.8) is 0 Å². The van der Waals surface area contributed by atoms with Gasteiger partial charge in [-0.1, -0.05) is 103 Å². The molecule has 0 saturated heterocycles. The van der Waals surface area contributed by atoms with Crippen LogP contribution in [0.15, 0.2) is 152 Å². The quantitative estimate of drug-likeness (QED) is 0.0689. The molecule has 6 rings (SSSR count). The lowest BCUT2D eigenvalue weighted by molar-refractivity contribution is -0.305. The van der Waals surface area contributed by atoms with Crippen LogP contribution >= 0.6 is 0 Å². The third-order valence-electron chi connectivity index (χ3n) is 9.05. The Balaban J connectivity index is 1.20. The monoisotopic (exact) mass is 721 g/mol. The summed E-state index contributed by atoms with van der Waals surface area (Å²) in [6.07, 6.45) is -0.590. The first-order valence-electron chi connectivity index (χ1n) is 17.6. The Morgan fingerprint density at radius 2 is 1.06 bits per heavy atom. The fourth-order valence-electron chi connectivity index (χ4n) is 6.29. The zero-order valence-corrected chi connectivity index (χ0v) is 30.2. The van der Waals surface area contributed by atoms with Crippen molar-refractivity contribution < 1.29 is 38.4 Å². The van der Waals surface area contributed by atoms with Crippen molar-refractivity contribution in [2.45, 2.75) is 38.3 Å². The number of hydrogen-bond acceptors (Lipinski definition) is 8. The van der Waals surface area contributed by atoms with E-state index in [9.17, 15) is 14.7 Å². The summed E-state index contributed by atoms with van der Waals surface area (Å²) < 4.78 is 29.5. The number of esters is 1. The minimum Gasteiger partial charge on any atom is -0.550 e. The van der Waals surface area contributed by atoms with E-state index in [4.69, 9.17) is 23.7 Å². The summed E-state index contributed by atoms with van der Waals surface area (Å²) in [4.78, 5) is 22.4. The van der Waals surface area contributed by atoms with Crippen LogP contribution in [0.3, 0.4) is 0 Å². The molecule has 0 aliphatic heterocycles. The molecule has 0 heterocycles. The third-order valence-corrected chi connectivity index (χ3v) is 9.05. The Morgan fingerprint density at radius 1 is 0.519 bits per heavy atom. The molecule has 0 saturated carbocycles. The van der Waals surface area contributed by atoms with Crippen LogP contribution in [0.4, 0.5) is 0 Å². The molecule has 0 amide bonds. The molecule has 0 unspecified atom stereocenters. The van der Waals surface area contributed by atoms with Crippen molar-refractivity contribution >= 4 is 11.9 Å². The van der Waals surface area contributed by atoms with Crippen LogP contribution in [0.1, 0.15) is 46.2 Å². The Hall–Kier alpha value is -6.38. The number of ether oxygens (including phenoxy) is 5. The molecule has 0 aromatic heterocycles. The number of carboxylic acids is 1. The number of rotatable bonds is 17. The predicted octanol–water partition coefficient (Wildman–Crippen LogP) is 8.03. The van der Waals surface area contributed by atoms with Gasteiger partial charge in [-0.05, 0) is 99.5 Å². The summed E-state index contributed by atoms with van der Waals surface area (Å²) in [6.45, 7) is 0.670. The minimum absolute atomic E-state index is 0.0436. The molecule has 0 bridgehead atoms. The zero-order valence-electron chi connectivity index (χ0n) is 30.2. The highest BCUT2D eigenvalue weighted by Crippen LogP contribution is 2.42. The van der Waals surface area contributed by atoms with Gasteiger partial charge in [0.1, 0.15) is 36.1 Å². The van der Waals surface area contributed by atoms with Crippen LogP contribution in [-0.2, 0) is 44.5 Å². The number of carbonyl (C=O) groups excluding carboxylic acids is 2. The maximum absolute atomic E-state index is 11.8. The Morgan fingerprint density at radius 3 is 1.67 bits per heavy atom. The molecule has 0 radical (unpaired) electrons. The first kappa shape index (κ1) is 37.4. The van der Waals surface area contributed by atoms with Gasteiger partial charge in [0, 0.05) is 5.97 Å². The summed E-state index contributed by atoms with van der Waals surface area (Å²) in [5.74, 6) is 0.354. The van der Waals surface area contributed by atoms with Crippen LogP contribution in [0.2, 0.25) is 0 Å². The molecular formula is C46H41O8-. The van der Waals surface area contributed by atoms with Gasteiger partial charge in [-0.25, -0.2) is 0 Å². The van der Waals surface area contributed by atoms with E-state index in [1.807, 2.05) is 121 Å². The van der Waals surface area contributed by atoms with Crippen LogP contribution in [0, 0.1) is 0 Å². The summed E-state index contributed by atoms with van der Waals surface area (Å²) in [6, 6.07) is 50.0. The molecule has 0 N–H and O–H groups in total. The van der Waals surface area contributed by atoms with Crippen molar-refractivity contribution in [2.75, 3.05) is 14.2 Å². The SMILES string of the molecule is COc1ccc(C(OCc2cccc(-c3cccc(OCc4cccc(COC(=O)CCC(=O)[O-])c4)c3)c2)(c2ccccc2)c2ccc(OC)cc2)cc1. The Labute approximate surface area is 315 Å². The van der Waals surface area contributed by atoms with E-state index < -0.39 is 17.5 Å². The number of carbonyl (C=O) groups is 2. The molecule has 8 heteroatoms. The maximum atomic E-state index is 11.8. The van der Waals surface area contributed by atoms with Crippen molar-refractivity contribution in [1.29, 1.82) is 0 Å². The van der Waals surface area contributed by atoms with Gasteiger partial charge in [0.25, 0.3) is 0 Å². The average molecular weight is 722 g/mol. The van der Waals surface area contributed by atoms with Gasteiger partial charge in [0.05, 0.1) is 27.2 Å². The molecule has 6 aromatic rings. The first-order chi connectivity index (χ1) is 26.4. The minimum atomic E-state index is -1.28. The summed E-state index contributed by atoms with van der Waals surface area (Å²) in [5.41, 5.74) is 6.65. The van der Waals surface area contributed by atoms with E-state index >= 15 is 0 Å². The smallest absolute Gasteiger partial charge is 0.306 e. The molecule has 6 aromatic carbocycles. The zero-order chi connectivity index (χ0) is 37.8. The maximum Gasteiger partial charge on any atom is 0.306 e. The number of hydrogen-bond donors (Lipinski definition) is 0. The molecule has 0 atom stereocenters. The van der Waals surface area contributed by atoms with Gasteiger partial charge in [-0.3, -0.25) is 4.79 Å². The van der Waals surface area contributed by atoms with Gasteiger partial charge in [0.2, 0.25) is 0 Å². The second kappa shape index (κ2) is 17.9. The van der Waals surface area contributed by atoms with Crippen LogP contribution < -0.4 is 19.3 Å². The fourth-order valence-corrected chi connectivity index (χ4v) is 6.29. The van der Waals surface area contributed by atoms with Gasteiger partial charge >= 0.3 is 5.97 Å². The second-order valence-corrected chi connectivity index (χ2v) is 12.7. The third kappa shape index (κ3) is 9.34. The number of carboxylic acid groups (broad SMARTS) is 1. The van der Waals surface area contributed by atoms with Crippen LogP contribution in [-0.4, -0.2) is 26.2 Å². The topological polar surface area (TPSA) is 103 Å². The summed E-state index contributed by atoms with van der Waals surface area (Å²) in [5, 5.41) is 10.6. The highest BCUT2D eigenvalue weighted by Gasteiger charge is 2.38. The number of methoxy groups -OCH3 is 2. The highest BCUT2D eigenvalue weighted by molar-refractivity contribution is 5.75.